The largest absolute Gasteiger partial charge is 0.441 e. The summed E-state index contributed by atoms with van der Waals surface area (Å²) in [5, 5.41) is 5.46. The third kappa shape index (κ3) is 2.73. The fourth-order valence-electron chi connectivity index (χ4n) is 2.07. The highest BCUT2D eigenvalue weighted by molar-refractivity contribution is 9.11. The van der Waals surface area contributed by atoms with Gasteiger partial charge in [0.25, 0.3) is 0 Å². The van der Waals surface area contributed by atoms with Crippen molar-refractivity contribution in [3.63, 3.8) is 0 Å². The second kappa shape index (κ2) is 5.45. The van der Waals surface area contributed by atoms with Crippen LogP contribution < -0.4 is 5.32 Å². The molecule has 3 rings (SSSR count). The average Bonchev–Trinajstić information content (AvgIpc) is 3.01. The van der Waals surface area contributed by atoms with Gasteiger partial charge in [-0.2, -0.15) is 0 Å². The Morgan fingerprint density at radius 1 is 1.42 bits per heavy atom. The van der Waals surface area contributed by atoms with Gasteiger partial charge in [0.1, 0.15) is 5.52 Å². The minimum Gasteiger partial charge on any atom is -0.441 e. The van der Waals surface area contributed by atoms with Crippen LogP contribution in [0, 0.1) is 0 Å². The van der Waals surface area contributed by atoms with Gasteiger partial charge in [0.05, 0.1) is 3.79 Å². The van der Waals surface area contributed by atoms with E-state index in [1.54, 1.807) is 11.3 Å². The summed E-state index contributed by atoms with van der Waals surface area (Å²) in [7, 11) is 1.96. The number of halogens is 1. The van der Waals surface area contributed by atoms with Crippen LogP contribution in [0.2, 0.25) is 0 Å². The summed E-state index contributed by atoms with van der Waals surface area (Å²) in [6.45, 7) is 0. The molecule has 19 heavy (non-hydrogen) atoms. The van der Waals surface area contributed by atoms with E-state index in [0.29, 0.717) is 0 Å². The molecule has 0 aliphatic rings. The fourth-order valence-corrected chi connectivity index (χ4v) is 3.30. The normalized spacial score (nSPS) is 12.9. The van der Waals surface area contributed by atoms with Crippen molar-refractivity contribution >= 4 is 38.4 Å². The number of hydrogen-bond acceptors (Lipinski definition) is 4. The monoisotopic (exact) mass is 336 g/mol. The Bertz CT molecular complexity index is 658. The molecular weight excluding hydrogens is 324 g/mol. The highest BCUT2D eigenvalue weighted by Gasteiger charge is 2.15. The molecule has 0 amide bonds. The van der Waals surface area contributed by atoms with Crippen molar-refractivity contribution in [2.45, 2.75) is 12.5 Å². The van der Waals surface area contributed by atoms with Gasteiger partial charge in [-0.05, 0) is 52.1 Å². The molecule has 2 aromatic heterocycles. The fraction of sp³-hybridized carbons (Fsp3) is 0.214. The predicted molar refractivity (Wildman–Crippen MR) is 81.5 cm³/mol. The van der Waals surface area contributed by atoms with Crippen LogP contribution in [-0.2, 0) is 6.42 Å². The molecule has 0 saturated heterocycles. The van der Waals surface area contributed by atoms with Gasteiger partial charge < -0.3 is 9.73 Å². The first-order valence-electron chi connectivity index (χ1n) is 6.02. The van der Waals surface area contributed by atoms with E-state index in [1.165, 1.54) is 5.56 Å². The van der Waals surface area contributed by atoms with Crippen LogP contribution in [0.25, 0.3) is 11.1 Å². The lowest BCUT2D eigenvalue weighted by Gasteiger charge is -2.12. The lowest BCUT2D eigenvalue weighted by molar-refractivity contribution is 0.474. The SMILES string of the molecule is CNC(Cc1nc2ccccc2o1)c1csc(Br)c1. The molecular formula is C14H13BrN2OS. The molecule has 3 aromatic rings. The Kier molecular flexibility index (Phi) is 3.68. The van der Waals surface area contributed by atoms with E-state index in [1.807, 2.05) is 31.3 Å². The van der Waals surface area contributed by atoms with Gasteiger partial charge >= 0.3 is 0 Å². The van der Waals surface area contributed by atoms with Crippen molar-refractivity contribution < 1.29 is 4.42 Å². The van der Waals surface area contributed by atoms with Crippen molar-refractivity contribution in [3.8, 4) is 0 Å². The molecule has 1 N–H and O–H groups in total. The van der Waals surface area contributed by atoms with Gasteiger partial charge in [0.15, 0.2) is 11.5 Å². The first kappa shape index (κ1) is 12.8. The maximum atomic E-state index is 5.77. The van der Waals surface area contributed by atoms with Crippen LogP contribution in [0.15, 0.2) is 43.9 Å². The second-order valence-electron chi connectivity index (χ2n) is 4.30. The number of hydrogen-bond donors (Lipinski definition) is 1. The van der Waals surface area contributed by atoms with E-state index in [9.17, 15) is 0 Å². The second-order valence-corrected chi connectivity index (χ2v) is 6.60. The van der Waals surface area contributed by atoms with Gasteiger partial charge in [-0.1, -0.05) is 12.1 Å². The summed E-state index contributed by atoms with van der Waals surface area (Å²) in [6, 6.07) is 10.2. The van der Waals surface area contributed by atoms with Crippen molar-refractivity contribution in [2.24, 2.45) is 0 Å². The molecule has 1 atom stereocenters. The highest BCUT2D eigenvalue weighted by Crippen LogP contribution is 2.27. The van der Waals surface area contributed by atoms with E-state index >= 15 is 0 Å². The molecule has 2 heterocycles. The minimum atomic E-state index is 0.218. The van der Waals surface area contributed by atoms with Crippen LogP contribution in [-0.4, -0.2) is 12.0 Å². The van der Waals surface area contributed by atoms with Gasteiger partial charge in [-0.15, -0.1) is 11.3 Å². The number of fused-ring (bicyclic) bond motifs is 1. The molecule has 3 nitrogen and oxygen atoms in total. The molecule has 0 aliphatic heterocycles. The maximum absolute atomic E-state index is 5.77. The summed E-state index contributed by atoms with van der Waals surface area (Å²) >= 11 is 5.18. The third-order valence-electron chi connectivity index (χ3n) is 3.06. The summed E-state index contributed by atoms with van der Waals surface area (Å²) in [4.78, 5) is 4.52. The van der Waals surface area contributed by atoms with Gasteiger partial charge in [-0.25, -0.2) is 4.98 Å². The maximum Gasteiger partial charge on any atom is 0.197 e. The van der Waals surface area contributed by atoms with Gasteiger partial charge in [0, 0.05) is 12.5 Å². The van der Waals surface area contributed by atoms with Crippen molar-refractivity contribution in [1.82, 2.24) is 10.3 Å². The molecule has 98 valence electrons. The number of aromatic nitrogens is 1. The van der Waals surface area contributed by atoms with E-state index in [-0.39, 0.29) is 6.04 Å². The number of rotatable bonds is 4. The number of para-hydroxylation sites is 2. The molecule has 5 heteroatoms. The molecule has 0 spiro atoms. The van der Waals surface area contributed by atoms with Crippen molar-refractivity contribution in [2.75, 3.05) is 7.05 Å². The number of benzene rings is 1. The molecule has 0 saturated carbocycles. The molecule has 0 aliphatic carbocycles. The zero-order valence-corrected chi connectivity index (χ0v) is 12.8. The first-order chi connectivity index (χ1) is 9.26. The van der Waals surface area contributed by atoms with E-state index in [0.717, 1.165) is 27.2 Å². The Morgan fingerprint density at radius 2 is 2.26 bits per heavy atom. The molecule has 0 fully saturated rings. The number of oxazole rings is 1. The van der Waals surface area contributed by atoms with E-state index < -0.39 is 0 Å². The van der Waals surface area contributed by atoms with Crippen molar-refractivity contribution in [1.29, 1.82) is 0 Å². The number of thiophene rings is 1. The van der Waals surface area contributed by atoms with Crippen molar-refractivity contribution in [3.05, 3.63) is 51.0 Å². The Morgan fingerprint density at radius 3 is 2.95 bits per heavy atom. The lowest BCUT2D eigenvalue weighted by atomic mass is 10.1. The van der Waals surface area contributed by atoms with Gasteiger partial charge in [-0.3, -0.25) is 0 Å². The van der Waals surface area contributed by atoms with Crippen LogP contribution in [0.3, 0.4) is 0 Å². The number of nitrogens with one attached hydrogen (secondary N) is 1. The quantitative estimate of drug-likeness (QED) is 0.777. The molecule has 0 radical (unpaired) electrons. The zero-order chi connectivity index (χ0) is 13.2. The van der Waals surface area contributed by atoms with E-state index in [4.69, 9.17) is 4.42 Å². The smallest absolute Gasteiger partial charge is 0.197 e. The predicted octanol–water partition coefficient (Wildman–Crippen LogP) is 4.16. The zero-order valence-electron chi connectivity index (χ0n) is 10.4. The van der Waals surface area contributed by atoms with Crippen LogP contribution in [0.1, 0.15) is 17.5 Å². The average molecular weight is 337 g/mol. The first-order valence-corrected chi connectivity index (χ1v) is 7.69. The van der Waals surface area contributed by atoms with Crippen LogP contribution in [0.4, 0.5) is 0 Å². The summed E-state index contributed by atoms with van der Waals surface area (Å²) in [5.74, 6) is 0.767. The summed E-state index contributed by atoms with van der Waals surface area (Å²) in [5.41, 5.74) is 3.01. The number of nitrogens with zero attached hydrogens (tertiary/aromatic N) is 1. The van der Waals surface area contributed by atoms with Crippen LogP contribution in [0.5, 0.6) is 0 Å². The number of likely N-dealkylation sites (N-methyl/N-ethyl adjacent to an activating group) is 1. The molecule has 1 unspecified atom stereocenters. The summed E-state index contributed by atoms with van der Waals surface area (Å²) < 4.78 is 6.91. The molecule has 0 bridgehead atoms. The minimum absolute atomic E-state index is 0.218. The summed E-state index contributed by atoms with van der Waals surface area (Å²) in [6.07, 6.45) is 0.744. The standard InChI is InChI=1S/C14H13BrN2OS/c1-16-11(9-6-13(15)19-8-9)7-14-17-10-4-2-3-5-12(10)18-14/h2-6,8,11,16H,7H2,1H3. The van der Waals surface area contributed by atoms with Crippen LogP contribution >= 0.6 is 27.3 Å². The Balaban J connectivity index is 1.86. The molecule has 1 aromatic carbocycles. The third-order valence-corrected chi connectivity index (χ3v) is 4.58. The van der Waals surface area contributed by atoms with Gasteiger partial charge in [0.2, 0.25) is 0 Å². The lowest BCUT2D eigenvalue weighted by Crippen LogP contribution is -2.18. The highest BCUT2D eigenvalue weighted by atomic mass is 79.9. The Hall–Kier alpha value is -1.17. The van der Waals surface area contributed by atoms with E-state index in [2.05, 4.69) is 37.7 Å². The topological polar surface area (TPSA) is 38.1 Å². The Labute approximate surface area is 123 Å².